The summed E-state index contributed by atoms with van der Waals surface area (Å²) in [6.07, 6.45) is 0.992. The van der Waals surface area contributed by atoms with Crippen LogP contribution in [0.25, 0.3) is 0 Å². The summed E-state index contributed by atoms with van der Waals surface area (Å²) in [5.41, 5.74) is 0.375. The van der Waals surface area contributed by atoms with E-state index in [0.29, 0.717) is 24.8 Å². The molecular weight excluding hydrogens is 346 g/mol. The number of hydrogen-bond acceptors (Lipinski definition) is 6. The molecular formula is C15H22F2O6S. The molecule has 0 fully saturated rings. The van der Waals surface area contributed by atoms with Crippen LogP contribution >= 0.6 is 0 Å². The second-order valence-corrected chi connectivity index (χ2v) is 7.34. The van der Waals surface area contributed by atoms with E-state index in [9.17, 15) is 27.4 Å². The van der Waals surface area contributed by atoms with Gasteiger partial charge in [0.25, 0.3) is 10.1 Å². The van der Waals surface area contributed by atoms with Crippen molar-refractivity contribution in [3.8, 4) is 0 Å². The van der Waals surface area contributed by atoms with E-state index in [2.05, 4.69) is 4.18 Å². The largest absolute Gasteiger partial charge is 0.368 e. The number of halogens is 2. The highest BCUT2D eigenvalue weighted by molar-refractivity contribution is 7.85. The molecule has 0 saturated carbocycles. The molecule has 0 amide bonds. The summed E-state index contributed by atoms with van der Waals surface area (Å²) in [5, 5.41) is 19.5. The van der Waals surface area contributed by atoms with Crippen LogP contribution < -0.4 is 0 Å². The summed E-state index contributed by atoms with van der Waals surface area (Å²) in [7, 11) is -3.74. The van der Waals surface area contributed by atoms with E-state index in [-0.39, 0.29) is 6.42 Å². The SMILES string of the molecule is C[C@@](O)(COS(C)(=O)=O)OC(O)CCCCc1ccc(F)cc1F. The normalized spacial score (nSPS) is 15.9. The number of aryl methyl sites for hydroxylation is 1. The van der Waals surface area contributed by atoms with E-state index in [1.54, 1.807) is 0 Å². The number of aliphatic hydroxyl groups excluding tert-OH is 1. The Hall–Kier alpha value is -1.13. The van der Waals surface area contributed by atoms with Gasteiger partial charge in [-0.2, -0.15) is 8.42 Å². The second kappa shape index (κ2) is 8.82. The molecule has 0 aliphatic carbocycles. The molecule has 0 heterocycles. The van der Waals surface area contributed by atoms with Gasteiger partial charge in [0.15, 0.2) is 12.1 Å². The van der Waals surface area contributed by atoms with Gasteiger partial charge in [-0.3, -0.25) is 4.18 Å². The first-order chi connectivity index (χ1) is 11.0. The average molecular weight is 368 g/mol. The van der Waals surface area contributed by atoms with Crippen LogP contribution in [-0.4, -0.2) is 43.6 Å². The number of hydrogen-bond donors (Lipinski definition) is 2. The summed E-state index contributed by atoms with van der Waals surface area (Å²) in [6, 6.07) is 3.35. The van der Waals surface area contributed by atoms with Gasteiger partial charge >= 0.3 is 0 Å². The first-order valence-electron chi connectivity index (χ1n) is 7.35. The first-order valence-corrected chi connectivity index (χ1v) is 9.17. The van der Waals surface area contributed by atoms with Crippen LogP contribution in [0.1, 0.15) is 31.7 Å². The van der Waals surface area contributed by atoms with Crippen LogP contribution in [0.15, 0.2) is 18.2 Å². The highest BCUT2D eigenvalue weighted by Gasteiger charge is 2.27. The highest BCUT2D eigenvalue weighted by atomic mass is 32.2. The van der Waals surface area contributed by atoms with Crippen LogP contribution in [0.2, 0.25) is 0 Å². The Morgan fingerprint density at radius 1 is 1.29 bits per heavy atom. The Kier molecular flexibility index (Phi) is 7.68. The Balaban J connectivity index is 2.31. The third-order valence-electron chi connectivity index (χ3n) is 3.09. The van der Waals surface area contributed by atoms with Gasteiger partial charge < -0.3 is 14.9 Å². The van der Waals surface area contributed by atoms with Gasteiger partial charge in [-0.05, 0) is 44.2 Å². The molecule has 0 aliphatic heterocycles. The monoisotopic (exact) mass is 368 g/mol. The summed E-state index contributed by atoms with van der Waals surface area (Å²) in [5.74, 6) is -3.22. The Labute approximate surface area is 140 Å². The lowest BCUT2D eigenvalue weighted by Crippen LogP contribution is -2.38. The minimum atomic E-state index is -3.74. The molecule has 138 valence electrons. The van der Waals surface area contributed by atoms with Crippen molar-refractivity contribution in [1.82, 2.24) is 0 Å². The zero-order valence-corrected chi connectivity index (χ0v) is 14.4. The van der Waals surface area contributed by atoms with Crippen LogP contribution in [0.3, 0.4) is 0 Å². The van der Waals surface area contributed by atoms with Crippen molar-refractivity contribution in [2.45, 2.75) is 44.7 Å². The maximum absolute atomic E-state index is 13.4. The topological polar surface area (TPSA) is 93.1 Å². The highest BCUT2D eigenvalue weighted by Crippen LogP contribution is 2.16. The predicted octanol–water partition coefficient (Wildman–Crippen LogP) is 1.70. The molecule has 0 radical (unpaired) electrons. The first kappa shape index (κ1) is 20.9. The lowest BCUT2D eigenvalue weighted by atomic mass is 10.1. The molecule has 0 saturated heterocycles. The van der Waals surface area contributed by atoms with Gasteiger partial charge in [0, 0.05) is 6.07 Å². The zero-order valence-electron chi connectivity index (χ0n) is 13.5. The second-order valence-electron chi connectivity index (χ2n) is 5.70. The smallest absolute Gasteiger partial charge is 0.264 e. The minimum absolute atomic E-state index is 0.151. The summed E-state index contributed by atoms with van der Waals surface area (Å²) < 4.78 is 57.2. The van der Waals surface area contributed by atoms with Gasteiger partial charge in [0.05, 0.1) is 6.26 Å². The third-order valence-corrected chi connectivity index (χ3v) is 3.64. The maximum atomic E-state index is 13.4. The van der Waals surface area contributed by atoms with Crippen molar-refractivity contribution >= 4 is 10.1 Å². The van der Waals surface area contributed by atoms with E-state index in [4.69, 9.17) is 4.74 Å². The van der Waals surface area contributed by atoms with Crippen molar-refractivity contribution in [1.29, 1.82) is 0 Å². The van der Waals surface area contributed by atoms with Crippen LogP contribution in [-0.2, 0) is 25.5 Å². The van der Waals surface area contributed by atoms with Crippen LogP contribution in [0.5, 0.6) is 0 Å². The summed E-state index contributed by atoms with van der Waals surface area (Å²) in [4.78, 5) is 0. The average Bonchev–Trinajstić information content (AvgIpc) is 2.42. The quantitative estimate of drug-likeness (QED) is 0.371. The standard InChI is InChI=1S/C15H22F2O6S/c1-15(19,10-22-24(2,20)21)23-14(18)6-4-3-5-11-7-8-12(16)9-13(11)17/h7-9,14,18-19H,3-6,10H2,1-2H3/t14?,15-/m0/s1. The van der Waals surface area contributed by atoms with E-state index >= 15 is 0 Å². The van der Waals surface area contributed by atoms with Crippen LogP contribution in [0.4, 0.5) is 8.78 Å². The van der Waals surface area contributed by atoms with Gasteiger partial charge in [-0.15, -0.1) is 0 Å². The molecule has 1 rings (SSSR count). The van der Waals surface area contributed by atoms with E-state index in [1.807, 2.05) is 0 Å². The van der Waals surface area contributed by atoms with Gasteiger partial charge in [0.2, 0.25) is 0 Å². The molecule has 1 unspecified atom stereocenters. The predicted molar refractivity (Wildman–Crippen MR) is 82.4 cm³/mol. The number of ether oxygens (including phenoxy) is 1. The molecule has 2 N–H and O–H groups in total. The summed E-state index contributed by atoms with van der Waals surface area (Å²) in [6.45, 7) is 0.513. The fourth-order valence-electron chi connectivity index (χ4n) is 1.96. The van der Waals surface area contributed by atoms with Gasteiger partial charge in [0.1, 0.15) is 18.2 Å². The molecule has 1 aromatic rings. The third kappa shape index (κ3) is 8.65. The molecule has 24 heavy (non-hydrogen) atoms. The van der Waals surface area contributed by atoms with E-state index in [1.165, 1.54) is 12.1 Å². The fourth-order valence-corrected chi connectivity index (χ4v) is 2.39. The van der Waals surface area contributed by atoms with Crippen molar-refractivity contribution in [2.75, 3.05) is 12.9 Å². The van der Waals surface area contributed by atoms with E-state index < -0.39 is 40.4 Å². The van der Waals surface area contributed by atoms with Crippen molar-refractivity contribution in [3.63, 3.8) is 0 Å². The Morgan fingerprint density at radius 3 is 2.54 bits per heavy atom. The van der Waals surface area contributed by atoms with Gasteiger partial charge in [-0.25, -0.2) is 8.78 Å². The van der Waals surface area contributed by atoms with Crippen molar-refractivity contribution < 1.29 is 36.3 Å². The van der Waals surface area contributed by atoms with Crippen molar-refractivity contribution in [3.05, 3.63) is 35.4 Å². The number of unbranched alkanes of at least 4 members (excludes halogenated alkanes) is 1. The Bertz CT molecular complexity index is 633. The number of benzene rings is 1. The minimum Gasteiger partial charge on any atom is -0.368 e. The number of aliphatic hydroxyl groups is 2. The van der Waals surface area contributed by atoms with Crippen LogP contribution in [0, 0.1) is 11.6 Å². The lowest BCUT2D eigenvalue weighted by Gasteiger charge is -2.26. The molecule has 2 atom stereocenters. The Morgan fingerprint density at radius 2 is 1.96 bits per heavy atom. The molecule has 0 aromatic heterocycles. The molecule has 0 spiro atoms. The lowest BCUT2D eigenvalue weighted by molar-refractivity contribution is -0.280. The molecule has 0 aliphatic rings. The van der Waals surface area contributed by atoms with Crippen molar-refractivity contribution in [2.24, 2.45) is 0 Å². The molecule has 6 nitrogen and oxygen atoms in total. The molecule has 1 aromatic carbocycles. The molecule has 9 heteroatoms. The molecule has 0 bridgehead atoms. The number of rotatable bonds is 10. The fraction of sp³-hybridized carbons (Fsp3) is 0.600. The maximum Gasteiger partial charge on any atom is 0.264 e. The van der Waals surface area contributed by atoms with Gasteiger partial charge in [-0.1, -0.05) is 6.07 Å². The zero-order chi connectivity index (χ0) is 18.4. The van der Waals surface area contributed by atoms with E-state index in [0.717, 1.165) is 19.2 Å². The summed E-state index contributed by atoms with van der Waals surface area (Å²) >= 11 is 0.